The van der Waals surface area contributed by atoms with E-state index < -0.39 is 63.9 Å². The largest absolute Gasteiger partial charge is 0.504 e. The first-order valence-electron chi connectivity index (χ1n) is 12.5. The maximum absolute atomic E-state index is 13.9. The minimum Gasteiger partial charge on any atom is -0.504 e. The number of methoxy groups -OCH3 is 1. The van der Waals surface area contributed by atoms with Gasteiger partial charge in [-0.05, 0) is 32.8 Å². The van der Waals surface area contributed by atoms with Crippen molar-refractivity contribution in [2.24, 2.45) is 16.7 Å². The molecule has 0 amide bonds. The Morgan fingerprint density at radius 3 is 2.47 bits per heavy atom. The summed E-state index contributed by atoms with van der Waals surface area (Å²) in [6.45, 7) is 7.29. The SMILES string of the molecule is COC[C@H]1OC(=O)/C(=C\NC(C)(C)C(=O)O)C2=C(O)C(=O)C3=C([C@H](OC(C)=O)C[C@]4(C)C(=O)CC[C@@H]34)[C@]21C. The molecule has 0 unspecified atom stereocenters. The molecule has 0 spiro atoms. The van der Waals surface area contributed by atoms with Crippen molar-refractivity contribution in [3.05, 3.63) is 34.3 Å². The van der Waals surface area contributed by atoms with Crippen LogP contribution in [0.4, 0.5) is 0 Å². The Labute approximate surface area is 219 Å². The normalized spacial score (nSPS) is 34.0. The second kappa shape index (κ2) is 9.07. The summed E-state index contributed by atoms with van der Waals surface area (Å²) in [6, 6.07) is 0. The summed E-state index contributed by atoms with van der Waals surface area (Å²) in [7, 11) is 1.41. The Bertz CT molecular complexity index is 1240. The molecule has 11 nitrogen and oxygen atoms in total. The average molecular weight is 532 g/mol. The first kappa shape index (κ1) is 27.6. The van der Waals surface area contributed by atoms with Gasteiger partial charge in [0.25, 0.3) is 0 Å². The van der Waals surface area contributed by atoms with Crippen LogP contribution in [0.5, 0.6) is 0 Å². The molecule has 0 radical (unpaired) electrons. The van der Waals surface area contributed by atoms with Gasteiger partial charge in [-0.3, -0.25) is 14.4 Å². The molecule has 1 heterocycles. The van der Waals surface area contributed by atoms with Gasteiger partial charge in [-0.25, -0.2) is 9.59 Å². The first-order chi connectivity index (χ1) is 17.6. The van der Waals surface area contributed by atoms with Crippen LogP contribution in [0.15, 0.2) is 34.3 Å². The molecule has 4 aliphatic rings. The molecule has 38 heavy (non-hydrogen) atoms. The molecule has 11 heteroatoms. The Kier molecular flexibility index (Phi) is 6.58. The third kappa shape index (κ3) is 3.86. The molecule has 1 saturated carbocycles. The van der Waals surface area contributed by atoms with Crippen LogP contribution in [0.25, 0.3) is 0 Å². The molecule has 0 aromatic heterocycles. The summed E-state index contributed by atoms with van der Waals surface area (Å²) in [5.41, 5.74) is -3.62. The van der Waals surface area contributed by atoms with Gasteiger partial charge in [0.05, 0.1) is 17.6 Å². The number of aliphatic hydroxyl groups excluding tert-OH is 1. The van der Waals surface area contributed by atoms with E-state index in [1.165, 1.54) is 27.9 Å². The molecule has 1 aliphatic heterocycles. The Hall–Kier alpha value is -3.47. The topological polar surface area (TPSA) is 166 Å². The van der Waals surface area contributed by atoms with Crippen molar-refractivity contribution in [2.45, 2.75) is 71.6 Å². The third-order valence-corrected chi connectivity index (χ3v) is 8.53. The number of carboxylic acids is 1. The maximum Gasteiger partial charge on any atom is 0.340 e. The number of rotatable bonds is 6. The number of carboxylic acid groups (broad SMARTS) is 1. The van der Waals surface area contributed by atoms with Crippen LogP contribution in [0, 0.1) is 16.7 Å². The van der Waals surface area contributed by atoms with E-state index >= 15 is 0 Å². The smallest absolute Gasteiger partial charge is 0.340 e. The van der Waals surface area contributed by atoms with E-state index in [4.69, 9.17) is 14.2 Å². The second-order valence-electron chi connectivity index (χ2n) is 11.3. The van der Waals surface area contributed by atoms with Gasteiger partial charge in [0.1, 0.15) is 23.5 Å². The fourth-order valence-electron chi connectivity index (χ4n) is 6.41. The summed E-state index contributed by atoms with van der Waals surface area (Å²) in [5.74, 6) is -4.75. The molecule has 2 fully saturated rings. The number of ether oxygens (including phenoxy) is 3. The molecule has 206 valence electrons. The van der Waals surface area contributed by atoms with Crippen molar-refractivity contribution < 1.29 is 48.4 Å². The van der Waals surface area contributed by atoms with E-state index in [1.54, 1.807) is 13.8 Å². The number of ketones is 2. The molecule has 0 aromatic carbocycles. The fraction of sp³-hybridized carbons (Fsp3) is 0.593. The van der Waals surface area contributed by atoms with Crippen LogP contribution in [0.1, 0.15) is 53.9 Å². The van der Waals surface area contributed by atoms with Crippen molar-refractivity contribution in [3.63, 3.8) is 0 Å². The Balaban J connectivity index is 2.00. The molecule has 3 aliphatic carbocycles. The zero-order chi connectivity index (χ0) is 28.4. The number of carbonyl (C=O) groups is 5. The standard InChI is InChI=1S/C27H33NO10/c1-12(29)37-15-9-26(4)14(7-8-16(26)30)18-20(15)27(5)17(11-36-6)38-23(33)13(19(27)22(32)21(18)31)10-28-25(2,3)24(34)35/h10,14-15,17,28,32H,7-9,11H2,1-6H3,(H,34,35)/b13-10-/t14-,15+,17+,26-,27-/m0/s1. The summed E-state index contributed by atoms with van der Waals surface area (Å²) in [4.78, 5) is 63.9. The van der Waals surface area contributed by atoms with Gasteiger partial charge in [0.2, 0.25) is 5.78 Å². The number of cyclic esters (lactones) is 1. The number of esters is 2. The van der Waals surface area contributed by atoms with Gasteiger partial charge in [-0.1, -0.05) is 6.92 Å². The fourth-order valence-corrected chi connectivity index (χ4v) is 6.41. The number of aliphatic carboxylic acids is 1. The van der Waals surface area contributed by atoms with E-state index in [-0.39, 0.29) is 42.0 Å². The summed E-state index contributed by atoms with van der Waals surface area (Å²) < 4.78 is 16.8. The minimum absolute atomic E-state index is 0.0531. The molecule has 0 bridgehead atoms. The highest BCUT2D eigenvalue weighted by atomic mass is 16.6. The van der Waals surface area contributed by atoms with Gasteiger partial charge >= 0.3 is 17.9 Å². The van der Waals surface area contributed by atoms with Gasteiger partial charge in [0.15, 0.2) is 5.76 Å². The minimum atomic E-state index is -1.50. The van der Waals surface area contributed by atoms with E-state index in [9.17, 15) is 34.2 Å². The van der Waals surface area contributed by atoms with Crippen LogP contribution in [0.2, 0.25) is 0 Å². The lowest BCUT2D eigenvalue weighted by Crippen LogP contribution is -2.57. The number of fused-ring (bicyclic) bond motifs is 4. The number of hydrogen-bond donors (Lipinski definition) is 3. The molecule has 3 N–H and O–H groups in total. The van der Waals surface area contributed by atoms with E-state index in [1.807, 2.05) is 0 Å². The highest BCUT2D eigenvalue weighted by Gasteiger charge is 2.64. The van der Waals surface area contributed by atoms with Crippen LogP contribution in [0.3, 0.4) is 0 Å². The van der Waals surface area contributed by atoms with Gasteiger partial charge in [-0.2, -0.15) is 0 Å². The van der Waals surface area contributed by atoms with Crippen molar-refractivity contribution in [1.29, 1.82) is 0 Å². The van der Waals surface area contributed by atoms with Crippen LogP contribution in [-0.2, 0) is 38.2 Å². The molecular formula is C27H33NO10. The maximum atomic E-state index is 13.9. The van der Waals surface area contributed by atoms with Crippen LogP contribution < -0.4 is 5.32 Å². The molecule has 4 rings (SSSR count). The summed E-state index contributed by atoms with van der Waals surface area (Å²) >= 11 is 0. The monoisotopic (exact) mass is 531 g/mol. The van der Waals surface area contributed by atoms with E-state index in [0.717, 1.165) is 6.20 Å². The highest BCUT2D eigenvalue weighted by molar-refractivity contribution is 6.14. The average Bonchev–Trinajstić information content (AvgIpc) is 3.11. The summed E-state index contributed by atoms with van der Waals surface area (Å²) in [6.07, 6.45) is -0.167. The second-order valence-corrected chi connectivity index (χ2v) is 11.3. The molecule has 1 saturated heterocycles. The lowest BCUT2D eigenvalue weighted by molar-refractivity contribution is -0.160. The predicted molar refractivity (Wildman–Crippen MR) is 130 cm³/mol. The molecule has 5 atom stereocenters. The van der Waals surface area contributed by atoms with Crippen molar-refractivity contribution in [1.82, 2.24) is 5.32 Å². The lowest BCUT2D eigenvalue weighted by Gasteiger charge is -2.53. The van der Waals surface area contributed by atoms with Gasteiger partial charge in [0, 0.05) is 55.6 Å². The van der Waals surface area contributed by atoms with Crippen LogP contribution in [-0.4, -0.2) is 71.2 Å². The van der Waals surface area contributed by atoms with E-state index in [2.05, 4.69) is 5.32 Å². The molecule has 0 aromatic rings. The first-order valence-corrected chi connectivity index (χ1v) is 12.5. The van der Waals surface area contributed by atoms with Crippen molar-refractivity contribution in [2.75, 3.05) is 13.7 Å². The van der Waals surface area contributed by atoms with E-state index in [0.29, 0.717) is 12.0 Å². The Morgan fingerprint density at radius 2 is 1.89 bits per heavy atom. The highest BCUT2D eigenvalue weighted by Crippen LogP contribution is 2.62. The number of hydrogen-bond acceptors (Lipinski definition) is 10. The number of carbonyl (C=O) groups excluding carboxylic acids is 4. The quantitative estimate of drug-likeness (QED) is 0.338. The predicted octanol–water partition coefficient (Wildman–Crippen LogP) is 1.91. The van der Waals surface area contributed by atoms with Crippen LogP contribution >= 0.6 is 0 Å². The van der Waals surface area contributed by atoms with Gasteiger partial charge < -0.3 is 29.7 Å². The van der Waals surface area contributed by atoms with Crippen molar-refractivity contribution in [3.8, 4) is 0 Å². The number of Topliss-reactive ketones (excluding diaryl/α,β-unsaturated/α-hetero) is 2. The zero-order valence-corrected chi connectivity index (χ0v) is 22.3. The molecular weight excluding hydrogens is 498 g/mol. The number of aliphatic hydroxyl groups is 1. The zero-order valence-electron chi connectivity index (χ0n) is 22.3. The number of allylic oxidation sites excluding steroid dienone is 1. The Morgan fingerprint density at radius 1 is 1.24 bits per heavy atom. The van der Waals surface area contributed by atoms with Crippen molar-refractivity contribution >= 4 is 29.5 Å². The third-order valence-electron chi connectivity index (χ3n) is 8.53. The summed E-state index contributed by atoms with van der Waals surface area (Å²) in [5, 5.41) is 23.6. The number of nitrogens with one attached hydrogen (secondary N) is 1. The lowest BCUT2D eigenvalue weighted by atomic mass is 9.53. The van der Waals surface area contributed by atoms with Gasteiger partial charge in [-0.15, -0.1) is 0 Å².